The molecule has 84 valence electrons. The Balaban J connectivity index is 3.86. The first-order valence-corrected chi connectivity index (χ1v) is 5.02. The van der Waals surface area contributed by atoms with Crippen molar-refractivity contribution in [2.24, 2.45) is 5.73 Å². The van der Waals surface area contributed by atoms with Gasteiger partial charge < -0.3 is 15.4 Å². The second-order valence-corrected chi connectivity index (χ2v) is 3.78. The summed E-state index contributed by atoms with van der Waals surface area (Å²) in [5.41, 5.74) is 5.75. The van der Waals surface area contributed by atoms with Crippen LogP contribution in [-0.4, -0.2) is 43.7 Å². The molecular formula is C10H22N2O2. The summed E-state index contributed by atoms with van der Waals surface area (Å²) in [5.74, 6) is 0.0103. The SMILES string of the molecule is COCCCC(N)C(=O)N(C)C(C)C. The summed E-state index contributed by atoms with van der Waals surface area (Å²) in [7, 11) is 3.43. The molecule has 0 aromatic heterocycles. The molecule has 0 radical (unpaired) electrons. The quantitative estimate of drug-likeness (QED) is 0.642. The summed E-state index contributed by atoms with van der Waals surface area (Å²) in [6.45, 7) is 4.60. The minimum Gasteiger partial charge on any atom is -0.385 e. The molecule has 14 heavy (non-hydrogen) atoms. The van der Waals surface area contributed by atoms with Crippen LogP contribution in [0.5, 0.6) is 0 Å². The summed E-state index contributed by atoms with van der Waals surface area (Å²) < 4.78 is 4.90. The van der Waals surface area contributed by atoms with Crippen LogP contribution in [0.2, 0.25) is 0 Å². The van der Waals surface area contributed by atoms with Gasteiger partial charge in [-0.25, -0.2) is 0 Å². The van der Waals surface area contributed by atoms with Crippen molar-refractivity contribution >= 4 is 5.91 Å². The van der Waals surface area contributed by atoms with Crippen molar-refractivity contribution in [3.8, 4) is 0 Å². The lowest BCUT2D eigenvalue weighted by molar-refractivity contribution is -0.132. The van der Waals surface area contributed by atoms with Gasteiger partial charge in [0.1, 0.15) is 0 Å². The molecule has 2 N–H and O–H groups in total. The Morgan fingerprint density at radius 1 is 1.50 bits per heavy atom. The minimum absolute atomic E-state index is 0.0103. The molecule has 1 atom stereocenters. The van der Waals surface area contributed by atoms with Crippen molar-refractivity contribution in [1.29, 1.82) is 0 Å². The van der Waals surface area contributed by atoms with Gasteiger partial charge in [-0.15, -0.1) is 0 Å². The van der Waals surface area contributed by atoms with Crippen LogP contribution in [0.25, 0.3) is 0 Å². The maximum absolute atomic E-state index is 11.6. The predicted molar refractivity (Wildman–Crippen MR) is 57.0 cm³/mol. The number of ether oxygens (including phenoxy) is 1. The summed E-state index contributed by atoms with van der Waals surface area (Å²) in [6.07, 6.45) is 1.51. The molecule has 0 aromatic rings. The van der Waals surface area contributed by atoms with Crippen LogP contribution in [0.15, 0.2) is 0 Å². The molecule has 0 rings (SSSR count). The van der Waals surface area contributed by atoms with E-state index in [0.29, 0.717) is 13.0 Å². The fourth-order valence-electron chi connectivity index (χ4n) is 1.09. The summed E-state index contributed by atoms with van der Waals surface area (Å²) in [6, 6.07) is -0.187. The molecule has 0 spiro atoms. The average molecular weight is 202 g/mol. The molecule has 1 amide bonds. The van der Waals surface area contributed by atoms with E-state index >= 15 is 0 Å². The number of nitrogens with zero attached hydrogens (tertiary/aromatic N) is 1. The summed E-state index contributed by atoms with van der Waals surface area (Å²) in [4.78, 5) is 13.3. The van der Waals surface area contributed by atoms with Gasteiger partial charge in [0, 0.05) is 26.8 Å². The zero-order chi connectivity index (χ0) is 11.1. The van der Waals surface area contributed by atoms with Crippen LogP contribution < -0.4 is 5.73 Å². The standard InChI is InChI=1S/C10H22N2O2/c1-8(2)12(3)10(13)9(11)6-5-7-14-4/h8-9H,5-7,11H2,1-4H3. The molecule has 0 saturated carbocycles. The number of carbonyl (C=O) groups is 1. The van der Waals surface area contributed by atoms with Gasteiger partial charge in [-0.1, -0.05) is 0 Å². The molecule has 0 fully saturated rings. The highest BCUT2D eigenvalue weighted by Crippen LogP contribution is 2.02. The number of methoxy groups -OCH3 is 1. The van der Waals surface area contributed by atoms with Crippen LogP contribution in [0.1, 0.15) is 26.7 Å². The predicted octanol–water partition coefficient (Wildman–Crippen LogP) is 0.607. The molecule has 0 aliphatic carbocycles. The molecule has 4 nitrogen and oxygen atoms in total. The van der Waals surface area contributed by atoms with Crippen LogP contribution in [0.4, 0.5) is 0 Å². The number of carbonyl (C=O) groups excluding carboxylic acids is 1. The van der Waals surface area contributed by atoms with Crippen molar-refractivity contribution in [3.05, 3.63) is 0 Å². The van der Waals surface area contributed by atoms with Crippen molar-refractivity contribution < 1.29 is 9.53 Å². The smallest absolute Gasteiger partial charge is 0.239 e. The van der Waals surface area contributed by atoms with Gasteiger partial charge in [-0.3, -0.25) is 4.79 Å². The van der Waals surface area contributed by atoms with Crippen LogP contribution in [0, 0.1) is 0 Å². The maximum atomic E-state index is 11.6. The molecule has 0 aliphatic rings. The molecule has 0 saturated heterocycles. The third kappa shape index (κ3) is 4.58. The molecule has 0 heterocycles. The highest BCUT2D eigenvalue weighted by atomic mass is 16.5. The first kappa shape index (κ1) is 13.4. The first-order valence-electron chi connectivity index (χ1n) is 5.02. The van der Waals surface area contributed by atoms with E-state index in [0.717, 1.165) is 6.42 Å². The normalized spacial score (nSPS) is 13.0. The Hall–Kier alpha value is -0.610. The lowest BCUT2D eigenvalue weighted by Gasteiger charge is -2.24. The largest absolute Gasteiger partial charge is 0.385 e. The lowest BCUT2D eigenvalue weighted by Crippen LogP contribution is -2.44. The van der Waals surface area contributed by atoms with E-state index < -0.39 is 6.04 Å². The Kier molecular flexibility index (Phi) is 6.49. The molecule has 1 unspecified atom stereocenters. The number of amides is 1. The van der Waals surface area contributed by atoms with Gasteiger partial charge in [0.25, 0.3) is 0 Å². The first-order chi connectivity index (χ1) is 6.50. The summed E-state index contributed by atoms with van der Waals surface area (Å²) >= 11 is 0. The number of hydrogen-bond donors (Lipinski definition) is 1. The second kappa shape index (κ2) is 6.79. The highest BCUT2D eigenvalue weighted by molar-refractivity contribution is 5.81. The minimum atomic E-state index is -0.391. The molecule has 0 aromatic carbocycles. The maximum Gasteiger partial charge on any atom is 0.239 e. The molecular weight excluding hydrogens is 180 g/mol. The van der Waals surface area contributed by atoms with Crippen LogP contribution in [0.3, 0.4) is 0 Å². The van der Waals surface area contributed by atoms with Gasteiger partial charge in [-0.2, -0.15) is 0 Å². The van der Waals surface area contributed by atoms with Crippen molar-refractivity contribution in [1.82, 2.24) is 4.90 Å². The van der Waals surface area contributed by atoms with Crippen molar-refractivity contribution in [3.63, 3.8) is 0 Å². The fraction of sp³-hybridized carbons (Fsp3) is 0.900. The number of nitrogens with two attached hydrogens (primary N) is 1. The van der Waals surface area contributed by atoms with Crippen molar-refractivity contribution in [2.75, 3.05) is 20.8 Å². The zero-order valence-corrected chi connectivity index (χ0v) is 9.62. The van der Waals surface area contributed by atoms with Gasteiger partial charge >= 0.3 is 0 Å². The third-order valence-electron chi connectivity index (χ3n) is 2.30. The Morgan fingerprint density at radius 2 is 2.07 bits per heavy atom. The van der Waals surface area contributed by atoms with Crippen molar-refractivity contribution in [2.45, 2.75) is 38.8 Å². The average Bonchev–Trinajstić information content (AvgIpc) is 2.15. The highest BCUT2D eigenvalue weighted by Gasteiger charge is 2.19. The van der Waals surface area contributed by atoms with Crippen LogP contribution >= 0.6 is 0 Å². The van der Waals surface area contributed by atoms with E-state index in [9.17, 15) is 4.79 Å². The van der Waals surface area contributed by atoms with E-state index in [2.05, 4.69) is 0 Å². The topological polar surface area (TPSA) is 55.6 Å². The number of rotatable bonds is 6. The van der Waals surface area contributed by atoms with Gasteiger partial charge in [0.05, 0.1) is 6.04 Å². The molecule has 0 aliphatic heterocycles. The Labute approximate surface area is 86.4 Å². The van der Waals surface area contributed by atoms with Gasteiger partial charge in [-0.05, 0) is 26.7 Å². The van der Waals surface area contributed by atoms with E-state index in [1.807, 2.05) is 13.8 Å². The van der Waals surface area contributed by atoms with Gasteiger partial charge in [0.2, 0.25) is 5.91 Å². The van der Waals surface area contributed by atoms with E-state index in [1.54, 1.807) is 19.1 Å². The number of likely N-dealkylation sites (N-methyl/N-ethyl adjacent to an activating group) is 1. The lowest BCUT2D eigenvalue weighted by atomic mass is 10.1. The monoisotopic (exact) mass is 202 g/mol. The Bertz CT molecular complexity index is 172. The van der Waals surface area contributed by atoms with E-state index in [-0.39, 0.29) is 11.9 Å². The van der Waals surface area contributed by atoms with Gasteiger partial charge in [0.15, 0.2) is 0 Å². The third-order valence-corrected chi connectivity index (χ3v) is 2.30. The fourth-order valence-corrected chi connectivity index (χ4v) is 1.09. The molecule has 4 heteroatoms. The summed E-state index contributed by atoms with van der Waals surface area (Å²) in [5, 5.41) is 0. The molecule has 0 bridgehead atoms. The Morgan fingerprint density at radius 3 is 2.50 bits per heavy atom. The van der Waals surface area contributed by atoms with E-state index in [4.69, 9.17) is 10.5 Å². The van der Waals surface area contributed by atoms with E-state index in [1.165, 1.54) is 0 Å². The van der Waals surface area contributed by atoms with Crippen LogP contribution in [-0.2, 0) is 9.53 Å². The zero-order valence-electron chi connectivity index (χ0n) is 9.62. The second-order valence-electron chi connectivity index (χ2n) is 3.78. The number of hydrogen-bond acceptors (Lipinski definition) is 3.